The van der Waals surface area contributed by atoms with Gasteiger partial charge in [0.1, 0.15) is 0 Å². The molecule has 0 saturated carbocycles. The zero-order chi connectivity index (χ0) is 12.0. The first-order valence-corrected chi connectivity index (χ1v) is 6.43. The van der Waals surface area contributed by atoms with Crippen LogP contribution in [-0.4, -0.2) is 30.9 Å². The van der Waals surface area contributed by atoms with Crippen LogP contribution in [0.1, 0.15) is 12.8 Å². The summed E-state index contributed by atoms with van der Waals surface area (Å²) in [6.07, 6.45) is 2.93. The van der Waals surface area contributed by atoms with Gasteiger partial charge in [-0.05, 0) is 36.9 Å². The fourth-order valence-corrected chi connectivity index (χ4v) is 1.76. The van der Waals surface area contributed by atoms with E-state index in [9.17, 15) is 4.79 Å². The van der Waals surface area contributed by atoms with Crippen molar-refractivity contribution >= 4 is 23.4 Å². The fourth-order valence-electron chi connectivity index (χ4n) is 1.35. The van der Waals surface area contributed by atoms with E-state index < -0.39 is 0 Å². The third-order valence-corrected chi connectivity index (χ3v) is 3.13. The van der Waals surface area contributed by atoms with Crippen LogP contribution in [0.4, 0.5) is 5.69 Å². The predicted molar refractivity (Wildman–Crippen MR) is 68.0 cm³/mol. The van der Waals surface area contributed by atoms with Crippen LogP contribution < -0.4 is 4.90 Å². The molecule has 0 heterocycles. The minimum Gasteiger partial charge on any atom is -0.396 e. The summed E-state index contributed by atoms with van der Waals surface area (Å²) in [4.78, 5) is 14.5. The Morgan fingerprint density at radius 2 is 2.00 bits per heavy atom. The zero-order valence-corrected chi connectivity index (χ0v) is 10.5. The summed E-state index contributed by atoms with van der Waals surface area (Å²) in [7, 11) is 1.76. The van der Waals surface area contributed by atoms with Crippen molar-refractivity contribution in [1.82, 2.24) is 0 Å². The first-order valence-electron chi connectivity index (χ1n) is 5.20. The number of nitrogens with zero attached hydrogens (tertiary/aromatic N) is 1. The van der Waals surface area contributed by atoms with Crippen LogP contribution in [0.25, 0.3) is 0 Å². The van der Waals surface area contributed by atoms with Crippen molar-refractivity contribution in [3.8, 4) is 0 Å². The third kappa shape index (κ3) is 3.54. The number of amides is 1. The van der Waals surface area contributed by atoms with Gasteiger partial charge in [0, 0.05) is 30.7 Å². The molecular weight excluding hydrogens is 222 g/mol. The smallest absolute Gasteiger partial charge is 0.226 e. The maximum absolute atomic E-state index is 11.7. The molecule has 1 N–H and O–H groups in total. The van der Waals surface area contributed by atoms with Crippen LogP contribution >= 0.6 is 11.8 Å². The first kappa shape index (κ1) is 13.1. The zero-order valence-electron chi connectivity index (χ0n) is 9.64. The van der Waals surface area contributed by atoms with Crippen LogP contribution in [-0.2, 0) is 4.79 Å². The molecule has 0 spiro atoms. The molecule has 0 radical (unpaired) electrons. The molecule has 0 aliphatic carbocycles. The van der Waals surface area contributed by atoms with Gasteiger partial charge in [-0.3, -0.25) is 4.79 Å². The predicted octanol–water partition coefficient (Wildman–Crippen LogP) is 2.14. The lowest BCUT2D eigenvalue weighted by molar-refractivity contribution is -0.118. The summed E-state index contributed by atoms with van der Waals surface area (Å²) in [6.45, 7) is 0.0605. The highest BCUT2D eigenvalue weighted by molar-refractivity contribution is 7.98. The van der Waals surface area contributed by atoms with Gasteiger partial charge in [0.25, 0.3) is 0 Å². The van der Waals surface area contributed by atoms with Gasteiger partial charge in [-0.15, -0.1) is 11.8 Å². The monoisotopic (exact) mass is 239 g/mol. The molecule has 3 nitrogen and oxygen atoms in total. The van der Waals surface area contributed by atoms with E-state index in [4.69, 9.17) is 5.11 Å². The Bertz CT molecular complexity index is 337. The van der Waals surface area contributed by atoms with E-state index in [1.165, 1.54) is 4.90 Å². The van der Waals surface area contributed by atoms with Crippen LogP contribution in [0.15, 0.2) is 29.2 Å². The van der Waals surface area contributed by atoms with Gasteiger partial charge in [-0.1, -0.05) is 0 Å². The van der Waals surface area contributed by atoms with Gasteiger partial charge in [0.05, 0.1) is 0 Å². The fraction of sp³-hybridized carbons (Fsp3) is 0.417. The summed E-state index contributed by atoms with van der Waals surface area (Å²) in [5.74, 6) is 0.0333. The van der Waals surface area contributed by atoms with Crippen LogP contribution in [0.5, 0.6) is 0 Å². The Morgan fingerprint density at radius 3 is 2.50 bits per heavy atom. The number of aliphatic hydroxyl groups excluding tert-OH is 1. The van der Waals surface area contributed by atoms with Crippen molar-refractivity contribution < 1.29 is 9.90 Å². The highest BCUT2D eigenvalue weighted by atomic mass is 32.2. The maximum atomic E-state index is 11.7. The van der Waals surface area contributed by atoms with E-state index in [0.29, 0.717) is 12.8 Å². The van der Waals surface area contributed by atoms with Gasteiger partial charge in [0.2, 0.25) is 5.91 Å². The summed E-state index contributed by atoms with van der Waals surface area (Å²) in [6, 6.07) is 7.86. The number of carbonyl (C=O) groups is 1. The molecule has 4 heteroatoms. The molecule has 1 rings (SSSR count). The molecular formula is C12H17NO2S. The van der Waals surface area contributed by atoms with E-state index in [1.807, 2.05) is 30.5 Å². The molecule has 88 valence electrons. The van der Waals surface area contributed by atoms with Crippen LogP contribution in [0, 0.1) is 0 Å². The molecule has 0 aliphatic heterocycles. The van der Waals surface area contributed by atoms with Gasteiger partial charge < -0.3 is 10.0 Å². The molecule has 16 heavy (non-hydrogen) atoms. The third-order valence-electron chi connectivity index (χ3n) is 2.38. The van der Waals surface area contributed by atoms with Crippen LogP contribution in [0.2, 0.25) is 0 Å². The molecule has 0 fully saturated rings. The normalized spacial score (nSPS) is 10.2. The average Bonchev–Trinajstić information content (AvgIpc) is 2.35. The lowest BCUT2D eigenvalue weighted by Crippen LogP contribution is -2.25. The molecule has 0 unspecified atom stereocenters. The van der Waals surface area contributed by atoms with E-state index in [-0.39, 0.29) is 12.5 Å². The minimum atomic E-state index is 0.0333. The standard InChI is InChI=1S/C12H17NO2S/c1-13(12(15)4-3-9-14)10-5-7-11(16-2)8-6-10/h5-8,14H,3-4,9H2,1-2H3. The number of carbonyl (C=O) groups excluding carboxylic acids is 1. The Labute approximate surface area is 100 Å². The van der Waals surface area contributed by atoms with Crippen molar-refractivity contribution in [3.05, 3.63) is 24.3 Å². The lowest BCUT2D eigenvalue weighted by Gasteiger charge is -2.17. The second-order valence-electron chi connectivity index (χ2n) is 3.48. The quantitative estimate of drug-likeness (QED) is 0.800. The molecule has 1 amide bonds. The van der Waals surface area contributed by atoms with Gasteiger partial charge in [-0.2, -0.15) is 0 Å². The number of thioether (sulfide) groups is 1. The highest BCUT2D eigenvalue weighted by Crippen LogP contribution is 2.20. The van der Waals surface area contributed by atoms with Crippen molar-refractivity contribution in [3.63, 3.8) is 0 Å². The number of rotatable bonds is 5. The largest absolute Gasteiger partial charge is 0.396 e. The molecule has 0 aliphatic rings. The second kappa shape index (κ2) is 6.55. The molecule has 1 aromatic carbocycles. The van der Waals surface area contributed by atoms with Crippen LogP contribution in [0.3, 0.4) is 0 Å². The summed E-state index contributed by atoms with van der Waals surface area (Å²) in [5, 5.41) is 8.66. The number of hydrogen-bond donors (Lipinski definition) is 1. The van der Waals surface area contributed by atoms with E-state index >= 15 is 0 Å². The van der Waals surface area contributed by atoms with E-state index in [0.717, 1.165) is 5.69 Å². The molecule has 0 aromatic heterocycles. The van der Waals surface area contributed by atoms with Crippen molar-refractivity contribution in [2.24, 2.45) is 0 Å². The Hall–Kier alpha value is -1.00. The van der Waals surface area contributed by atoms with Gasteiger partial charge in [0.15, 0.2) is 0 Å². The molecule has 0 saturated heterocycles. The second-order valence-corrected chi connectivity index (χ2v) is 4.36. The molecule has 1 aromatic rings. The Kier molecular flexibility index (Phi) is 5.35. The minimum absolute atomic E-state index is 0.0333. The highest BCUT2D eigenvalue weighted by Gasteiger charge is 2.09. The van der Waals surface area contributed by atoms with Crippen molar-refractivity contribution in [2.45, 2.75) is 17.7 Å². The average molecular weight is 239 g/mol. The molecule has 0 atom stereocenters. The number of benzene rings is 1. The first-order chi connectivity index (χ1) is 7.69. The summed E-state index contributed by atoms with van der Waals surface area (Å²) in [5.41, 5.74) is 0.890. The summed E-state index contributed by atoms with van der Waals surface area (Å²) >= 11 is 1.67. The Morgan fingerprint density at radius 1 is 1.38 bits per heavy atom. The van der Waals surface area contributed by atoms with Crippen molar-refractivity contribution in [1.29, 1.82) is 0 Å². The maximum Gasteiger partial charge on any atom is 0.226 e. The Balaban J connectivity index is 2.64. The van der Waals surface area contributed by atoms with Gasteiger partial charge >= 0.3 is 0 Å². The number of aliphatic hydroxyl groups is 1. The number of anilines is 1. The topological polar surface area (TPSA) is 40.5 Å². The SMILES string of the molecule is CSc1ccc(N(C)C(=O)CCCO)cc1. The number of hydrogen-bond acceptors (Lipinski definition) is 3. The lowest BCUT2D eigenvalue weighted by atomic mass is 10.2. The van der Waals surface area contributed by atoms with Crippen molar-refractivity contribution in [2.75, 3.05) is 24.8 Å². The molecule has 0 bridgehead atoms. The van der Waals surface area contributed by atoms with Gasteiger partial charge in [-0.25, -0.2) is 0 Å². The summed E-state index contributed by atoms with van der Waals surface area (Å²) < 4.78 is 0. The van der Waals surface area contributed by atoms with E-state index in [1.54, 1.807) is 23.7 Å². The van der Waals surface area contributed by atoms with E-state index in [2.05, 4.69) is 0 Å².